The van der Waals surface area contributed by atoms with E-state index < -0.39 is 17.4 Å². The van der Waals surface area contributed by atoms with E-state index in [2.05, 4.69) is 0 Å². The molecule has 0 aliphatic carbocycles. The fraction of sp³-hybridized carbons (Fsp3) is 0.875. The van der Waals surface area contributed by atoms with E-state index in [0.717, 1.165) is 19.3 Å². The topological polar surface area (TPSA) is 61.8 Å². The molecule has 0 spiro atoms. The van der Waals surface area contributed by atoms with Crippen LogP contribution in [0, 0.1) is 5.41 Å². The number of hydrogen-bond donors (Lipinski definition) is 0. The first kappa shape index (κ1) is 18.0. The van der Waals surface area contributed by atoms with Crippen LogP contribution in [0.5, 0.6) is 0 Å². The molecule has 0 amide bonds. The van der Waals surface area contributed by atoms with Crippen LogP contribution in [0.3, 0.4) is 0 Å². The molecule has 1 fully saturated rings. The molecular weight excluding hydrogens is 272 g/mol. The zero-order valence-corrected chi connectivity index (χ0v) is 13.5. The van der Waals surface area contributed by atoms with Crippen molar-refractivity contribution in [2.24, 2.45) is 5.41 Å². The van der Waals surface area contributed by atoms with Gasteiger partial charge in [0.15, 0.2) is 5.41 Å². The molecule has 122 valence electrons. The molecule has 1 heterocycles. The quantitative estimate of drug-likeness (QED) is 0.509. The SMILES string of the molecule is CCCC(CC1CCCCO1)(C(=O)OCC)C(=O)OCC. The van der Waals surface area contributed by atoms with E-state index in [4.69, 9.17) is 14.2 Å². The molecule has 0 saturated carbocycles. The van der Waals surface area contributed by atoms with Crippen LogP contribution < -0.4 is 0 Å². The Hall–Kier alpha value is -1.10. The molecule has 0 bridgehead atoms. The highest BCUT2D eigenvalue weighted by atomic mass is 16.6. The lowest BCUT2D eigenvalue weighted by atomic mass is 9.77. The average Bonchev–Trinajstić information content (AvgIpc) is 2.48. The second kappa shape index (κ2) is 9.03. The highest BCUT2D eigenvalue weighted by Crippen LogP contribution is 2.36. The molecule has 1 atom stereocenters. The summed E-state index contributed by atoms with van der Waals surface area (Å²) in [5.41, 5.74) is -1.22. The van der Waals surface area contributed by atoms with Crippen molar-refractivity contribution in [1.82, 2.24) is 0 Å². The number of ether oxygens (including phenoxy) is 3. The molecule has 0 N–H and O–H groups in total. The Morgan fingerprint density at radius 2 is 1.71 bits per heavy atom. The summed E-state index contributed by atoms with van der Waals surface area (Å²) in [6.07, 6.45) is 4.42. The van der Waals surface area contributed by atoms with Gasteiger partial charge in [0.25, 0.3) is 0 Å². The fourth-order valence-electron chi connectivity index (χ4n) is 2.88. The van der Waals surface area contributed by atoms with Gasteiger partial charge in [-0.15, -0.1) is 0 Å². The molecule has 1 unspecified atom stereocenters. The molecule has 0 aromatic heterocycles. The summed E-state index contributed by atoms with van der Waals surface area (Å²) in [6, 6.07) is 0. The van der Waals surface area contributed by atoms with Crippen LogP contribution in [0.25, 0.3) is 0 Å². The summed E-state index contributed by atoms with van der Waals surface area (Å²) >= 11 is 0. The number of hydrogen-bond acceptors (Lipinski definition) is 5. The Bertz CT molecular complexity index is 316. The molecule has 5 heteroatoms. The predicted octanol–water partition coefficient (Wildman–Crippen LogP) is 2.86. The molecule has 1 rings (SSSR count). The third kappa shape index (κ3) is 4.70. The molecule has 0 aromatic rings. The Labute approximate surface area is 127 Å². The molecule has 1 aliphatic rings. The van der Waals surface area contributed by atoms with Gasteiger partial charge in [-0.1, -0.05) is 13.3 Å². The highest BCUT2D eigenvalue weighted by Gasteiger charge is 2.49. The van der Waals surface area contributed by atoms with Crippen LogP contribution in [0.2, 0.25) is 0 Å². The predicted molar refractivity (Wildman–Crippen MR) is 78.8 cm³/mol. The van der Waals surface area contributed by atoms with Gasteiger partial charge >= 0.3 is 11.9 Å². The largest absolute Gasteiger partial charge is 0.465 e. The number of esters is 2. The van der Waals surface area contributed by atoms with Gasteiger partial charge < -0.3 is 14.2 Å². The monoisotopic (exact) mass is 300 g/mol. The van der Waals surface area contributed by atoms with Gasteiger partial charge in [-0.2, -0.15) is 0 Å². The smallest absolute Gasteiger partial charge is 0.323 e. The van der Waals surface area contributed by atoms with Crippen LogP contribution in [0.1, 0.15) is 59.3 Å². The standard InChI is InChI=1S/C16H28O5/c1-4-10-16(14(17)19-5-2,15(18)20-6-3)12-13-9-7-8-11-21-13/h13H,4-12H2,1-3H3. The first-order valence-corrected chi connectivity index (χ1v) is 8.06. The third-order valence-corrected chi connectivity index (χ3v) is 3.86. The molecule has 0 aromatic carbocycles. The molecule has 1 aliphatic heterocycles. The maximum Gasteiger partial charge on any atom is 0.323 e. The summed E-state index contributed by atoms with van der Waals surface area (Å²) in [7, 11) is 0. The Balaban J connectivity index is 2.96. The summed E-state index contributed by atoms with van der Waals surface area (Å²) in [5.74, 6) is -0.945. The molecule has 21 heavy (non-hydrogen) atoms. The molecule has 5 nitrogen and oxygen atoms in total. The summed E-state index contributed by atoms with van der Waals surface area (Å²) in [6.45, 7) is 6.66. The first-order valence-electron chi connectivity index (χ1n) is 8.06. The maximum absolute atomic E-state index is 12.5. The van der Waals surface area contributed by atoms with Gasteiger partial charge in [0.05, 0.1) is 19.3 Å². The Morgan fingerprint density at radius 3 is 2.14 bits per heavy atom. The van der Waals surface area contributed by atoms with E-state index in [-0.39, 0.29) is 19.3 Å². The normalized spacial score (nSPS) is 19.1. The Morgan fingerprint density at radius 1 is 1.10 bits per heavy atom. The third-order valence-electron chi connectivity index (χ3n) is 3.86. The maximum atomic E-state index is 12.5. The fourth-order valence-corrected chi connectivity index (χ4v) is 2.88. The lowest BCUT2D eigenvalue weighted by Gasteiger charge is -2.33. The van der Waals surface area contributed by atoms with Crippen molar-refractivity contribution in [3.63, 3.8) is 0 Å². The van der Waals surface area contributed by atoms with Gasteiger partial charge in [0.2, 0.25) is 0 Å². The first-order chi connectivity index (χ1) is 10.1. The van der Waals surface area contributed by atoms with Gasteiger partial charge in [0.1, 0.15) is 0 Å². The van der Waals surface area contributed by atoms with E-state index in [9.17, 15) is 9.59 Å². The molecule has 0 radical (unpaired) electrons. The zero-order chi connectivity index (χ0) is 15.7. The van der Waals surface area contributed by atoms with Crippen LogP contribution in [0.15, 0.2) is 0 Å². The minimum atomic E-state index is -1.22. The number of carbonyl (C=O) groups is 2. The minimum Gasteiger partial charge on any atom is -0.465 e. The minimum absolute atomic E-state index is 0.0703. The van der Waals surface area contributed by atoms with Crippen LogP contribution >= 0.6 is 0 Å². The lowest BCUT2D eigenvalue weighted by Crippen LogP contribution is -2.45. The molecule has 1 saturated heterocycles. The number of carbonyl (C=O) groups excluding carboxylic acids is 2. The lowest BCUT2D eigenvalue weighted by molar-refractivity contribution is -0.177. The van der Waals surface area contributed by atoms with E-state index >= 15 is 0 Å². The van der Waals surface area contributed by atoms with Crippen LogP contribution in [-0.2, 0) is 23.8 Å². The van der Waals surface area contributed by atoms with E-state index in [1.807, 2.05) is 6.92 Å². The van der Waals surface area contributed by atoms with Gasteiger partial charge in [-0.05, 0) is 39.5 Å². The van der Waals surface area contributed by atoms with Crippen LogP contribution in [0.4, 0.5) is 0 Å². The van der Waals surface area contributed by atoms with Gasteiger partial charge in [0, 0.05) is 13.0 Å². The van der Waals surface area contributed by atoms with Crippen LogP contribution in [-0.4, -0.2) is 37.9 Å². The van der Waals surface area contributed by atoms with Crippen molar-refractivity contribution in [1.29, 1.82) is 0 Å². The van der Waals surface area contributed by atoms with Crippen molar-refractivity contribution in [3.05, 3.63) is 0 Å². The summed E-state index contributed by atoms with van der Waals surface area (Å²) in [5, 5.41) is 0. The van der Waals surface area contributed by atoms with E-state index in [0.29, 0.717) is 25.9 Å². The summed E-state index contributed by atoms with van der Waals surface area (Å²) < 4.78 is 16.1. The van der Waals surface area contributed by atoms with Gasteiger partial charge in [-0.3, -0.25) is 9.59 Å². The van der Waals surface area contributed by atoms with Crippen molar-refractivity contribution in [2.45, 2.75) is 65.4 Å². The van der Waals surface area contributed by atoms with Crippen molar-refractivity contribution >= 4 is 11.9 Å². The summed E-state index contributed by atoms with van der Waals surface area (Å²) in [4.78, 5) is 24.9. The zero-order valence-electron chi connectivity index (χ0n) is 13.5. The van der Waals surface area contributed by atoms with Crippen molar-refractivity contribution < 1.29 is 23.8 Å². The second-order valence-corrected chi connectivity index (χ2v) is 5.47. The highest BCUT2D eigenvalue weighted by molar-refractivity contribution is 6.00. The van der Waals surface area contributed by atoms with Crippen molar-refractivity contribution in [2.75, 3.05) is 19.8 Å². The number of rotatable bonds is 8. The van der Waals surface area contributed by atoms with Gasteiger partial charge in [-0.25, -0.2) is 0 Å². The Kier molecular flexibility index (Phi) is 7.72. The average molecular weight is 300 g/mol. The van der Waals surface area contributed by atoms with E-state index in [1.165, 1.54) is 0 Å². The second-order valence-electron chi connectivity index (χ2n) is 5.47. The molecular formula is C16H28O5. The van der Waals surface area contributed by atoms with Crippen molar-refractivity contribution in [3.8, 4) is 0 Å². The van der Waals surface area contributed by atoms with E-state index in [1.54, 1.807) is 13.8 Å².